The van der Waals surface area contributed by atoms with E-state index in [9.17, 15) is 13.2 Å². The average molecular weight is 428 g/mol. The van der Waals surface area contributed by atoms with E-state index < -0.39 is 10.0 Å². The number of carbonyl (C=O) groups is 1. The molecular weight excluding hydrogens is 398 g/mol. The van der Waals surface area contributed by atoms with Crippen molar-refractivity contribution in [3.05, 3.63) is 59.2 Å². The van der Waals surface area contributed by atoms with E-state index in [1.165, 1.54) is 9.87 Å². The Morgan fingerprint density at radius 2 is 1.63 bits per heavy atom. The zero-order chi connectivity index (χ0) is 21.5. The minimum Gasteiger partial charge on any atom is -0.310 e. The highest BCUT2D eigenvalue weighted by Crippen LogP contribution is 2.29. The number of benzene rings is 2. The number of fused-ring (bicyclic) bond motifs is 1. The van der Waals surface area contributed by atoms with Crippen LogP contribution >= 0.6 is 0 Å². The molecule has 2 aliphatic rings. The van der Waals surface area contributed by atoms with Gasteiger partial charge in [0.1, 0.15) is 0 Å². The number of piperazine rings is 1. The van der Waals surface area contributed by atoms with Gasteiger partial charge in [-0.15, -0.1) is 0 Å². The molecule has 1 saturated heterocycles. The van der Waals surface area contributed by atoms with Gasteiger partial charge in [0.25, 0.3) is 0 Å². The largest absolute Gasteiger partial charge is 0.310 e. The molecule has 0 spiro atoms. The topological polar surface area (TPSA) is 60.9 Å². The van der Waals surface area contributed by atoms with Crippen molar-refractivity contribution in [2.45, 2.75) is 38.1 Å². The fraction of sp³-hybridized carbons (Fsp3) is 0.435. The van der Waals surface area contributed by atoms with Gasteiger partial charge in [0, 0.05) is 38.4 Å². The molecular formula is C23H29N3O3S. The maximum atomic E-state index is 13.1. The van der Waals surface area contributed by atoms with Crippen LogP contribution in [-0.4, -0.2) is 62.3 Å². The lowest BCUT2D eigenvalue weighted by Crippen LogP contribution is -2.55. The predicted octanol–water partition coefficient (Wildman–Crippen LogP) is 2.59. The Labute approximate surface area is 179 Å². The predicted molar refractivity (Wildman–Crippen MR) is 118 cm³/mol. The summed E-state index contributed by atoms with van der Waals surface area (Å²) in [5.41, 5.74) is 4.27. The number of rotatable bonds is 4. The van der Waals surface area contributed by atoms with Gasteiger partial charge in [-0.05, 0) is 62.1 Å². The maximum Gasteiger partial charge on any atom is 0.244 e. The summed E-state index contributed by atoms with van der Waals surface area (Å²) in [6.07, 6.45) is 0.886. The van der Waals surface area contributed by atoms with E-state index in [1.807, 2.05) is 49.9 Å². The highest BCUT2D eigenvalue weighted by atomic mass is 32.2. The molecule has 1 amide bonds. The van der Waals surface area contributed by atoms with E-state index in [0.717, 1.165) is 23.2 Å². The Hall–Kier alpha value is -2.22. The highest BCUT2D eigenvalue weighted by Gasteiger charge is 2.35. The summed E-state index contributed by atoms with van der Waals surface area (Å²) in [5.74, 6) is 0.0883. The molecule has 7 heteroatoms. The molecule has 1 atom stereocenters. The third kappa shape index (κ3) is 3.77. The van der Waals surface area contributed by atoms with Gasteiger partial charge in [0.15, 0.2) is 0 Å². The molecule has 0 N–H and O–H groups in total. The lowest BCUT2D eigenvalue weighted by atomic mass is 10.1. The quantitative estimate of drug-likeness (QED) is 0.753. The van der Waals surface area contributed by atoms with Crippen molar-refractivity contribution in [3.63, 3.8) is 0 Å². The van der Waals surface area contributed by atoms with Gasteiger partial charge < -0.3 is 4.90 Å². The molecule has 0 aromatic heterocycles. The summed E-state index contributed by atoms with van der Waals surface area (Å²) in [4.78, 5) is 17.4. The van der Waals surface area contributed by atoms with Crippen molar-refractivity contribution in [1.29, 1.82) is 0 Å². The van der Waals surface area contributed by atoms with Crippen LogP contribution in [0.1, 0.15) is 23.6 Å². The fourth-order valence-corrected chi connectivity index (χ4v) is 5.81. The summed E-state index contributed by atoms with van der Waals surface area (Å²) < 4.78 is 27.6. The summed E-state index contributed by atoms with van der Waals surface area (Å²) in [5, 5.41) is 0. The summed E-state index contributed by atoms with van der Waals surface area (Å²) in [6, 6.07) is 13.0. The second-order valence-corrected chi connectivity index (χ2v) is 10.2. The number of carbonyl (C=O) groups excluding carboxylic acids is 1. The average Bonchev–Trinajstić information content (AvgIpc) is 3.19. The van der Waals surface area contributed by atoms with Crippen LogP contribution in [0.2, 0.25) is 0 Å². The van der Waals surface area contributed by atoms with Crippen molar-refractivity contribution in [2.24, 2.45) is 0 Å². The van der Waals surface area contributed by atoms with Gasteiger partial charge in [0.2, 0.25) is 15.9 Å². The molecule has 6 nitrogen and oxygen atoms in total. The molecule has 2 aromatic rings. The van der Waals surface area contributed by atoms with Gasteiger partial charge in [-0.25, -0.2) is 8.42 Å². The van der Waals surface area contributed by atoms with Crippen LogP contribution in [0.15, 0.2) is 47.4 Å². The van der Waals surface area contributed by atoms with E-state index in [2.05, 4.69) is 11.0 Å². The minimum absolute atomic E-state index is 0.0883. The Kier molecular flexibility index (Phi) is 5.70. The minimum atomic E-state index is -3.51. The zero-order valence-electron chi connectivity index (χ0n) is 17.8. The Bertz CT molecular complexity index is 1060. The van der Waals surface area contributed by atoms with E-state index in [4.69, 9.17) is 0 Å². The molecule has 1 unspecified atom stereocenters. The van der Waals surface area contributed by atoms with Crippen LogP contribution in [-0.2, 0) is 21.2 Å². The van der Waals surface area contributed by atoms with Crippen LogP contribution < -0.4 is 4.90 Å². The number of para-hydroxylation sites is 1. The lowest BCUT2D eigenvalue weighted by Gasteiger charge is -2.38. The van der Waals surface area contributed by atoms with Crippen LogP contribution in [0.25, 0.3) is 0 Å². The number of amides is 1. The van der Waals surface area contributed by atoms with Gasteiger partial charge in [-0.1, -0.05) is 24.3 Å². The number of nitrogens with zero attached hydrogens (tertiary/aromatic N) is 3. The van der Waals surface area contributed by atoms with E-state index >= 15 is 0 Å². The first kappa shape index (κ1) is 21.0. The van der Waals surface area contributed by atoms with Crippen molar-refractivity contribution in [2.75, 3.05) is 37.6 Å². The summed E-state index contributed by atoms with van der Waals surface area (Å²) in [6.45, 7) is 8.42. The Morgan fingerprint density at radius 1 is 0.933 bits per heavy atom. The van der Waals surface area contributed by atoms with Crippen molar-refractivity contribution < 1.29 is 13.2 Å². The first-order chi connectivity index (χ1) is 14.3. The molecule has 2 aromatic carbocycles. The van der Waals surface area contributed by atoms with Gasteiger partial charge in [-0.3, -0.25) is 9.69 Å². The first-order valence-electron chi connectivity index (χ1n) is 10.5. The van der Waals surface area contributed by atoms with E-state index in [-0.39, 0.29) is 11.9 Å². The molecule has 0 saturated carbocycles. The van der Waals surface area contributed by atoms with Gasteiger partial charge in [0.05, 0.1) is 10.9 Å². The third-order valence-corrected chi connectivity index (χ3v) is 8.34. The summed E-state index contributed by atoms with van der Waals surface area (Å²) >= 11 is 0. The molecule has 0 radical (unpaired) electrons. The lowest BCUT2D eigenvalue weighted by molar-refractivity contribution is -0.123. The molecule has 2 heterocycles. The van der Waals surface area contributed by atoms with Crippen molar-refractivity contribution in [3.8, 4) is 0 Å². The fourth-order valence-electron chi connectivity index (χ4n) is 4.30. The highest BCUT2D eigenvalue weighted by molar-refractivity contribution is 7.89. The monoisotopic (exact) mass is 427 g/mol. The van der Waals surface area contributed by atoms with Crippen LogP contribution in [0.5, 0.6) is 0 Å². The van der Waals surface area contributed by atoms with Crippen LogP contribution in [0.4, 0.5) is 5.69 Å². The second-order valence-electron chi connectivity index (χ2n) is 8.23. The first-order valence-corrected chi connectivity index (χ1v) is 11.9. The van der Waals surface area contributed by atoms with E-state index in [1.54, 1.807) is 12.1 Å². The number of hydrogen-bond donors (Lipinski definition) is 0. The van der Waals surface area contributed by atoms with Crippen LogP contribution in [0.3, 0.4) is 0 Å². The number of hydrogen-bond acceptors (Lipinski definition) is 4. The molecule has 4 rings (SSSR count). The third-order valence-electron chi connectivity index (χ3n) is 6.45. The zero-order valence-corrected chi connectivity index (χ0v) is 18.7. The van der Waals surface area contributed by atoms with Crippen molar-refractivity contribution >= 4 is 21.6 Å². The molecule has 30 heavy (non-hydrogen) atoms. The maximum absolute atomic E-state index is 13.1. The number of sulfonamides is 1. The normalized spacial score (nSPS) is 19.0. The molecule has 2 aliphatic heterocycles. The molecule has 1 fully saturated rings. The van der Waals surface area contributed by atoms with Crippen LogP contribution in [0, 0.1) is 13.8 Å². The van der Waals surface area contributed by atoms with Gasteiger partial charge in [-0.2, -0.15) is 4.31 Å². The van der Waals surface area contributed by atoms with Crippen molar-refractivity contribution in [1.82, 2.24) is 9.21 Å². The molecule has 0 bridgehead atoms. The number of anilines is 1. The Balaban J connectivity index is 1.42. The molecule has 160 valence electrons. The van der Waals surface area contributed by atoms with Gasteiger partial charge >= 0.3 is 0 Å². The summed E-state index contributed by atoms with van der Waals surface area (Å²) in [7, 11) is -3.51. The Morgan fingerprint density at radius 3 is 2.33 bits per heavy atom. The SMILES string of the molecule is Cc1ccc(S(=O)(=O)N2CCN(C(C)C(=O)N3CCc4ccccc43)CC2)cc1C. The van der Waals surface area contributed by atoms with E-state index in [0.29, 0.717) is 37.6 Å². The second kappa shape index (κ2) is 8.13. The number of aryl methyl sites for hydroxylation is 2. The smallest absolute Gasteiger partial charge is 0.244 e. The standard InChI is InChI=1S/C23H29N3O3S/c1-17-8-9-21(16-18(17)2)30(28,29)25-14-12-24(13-15-25)19(3)23(27)26-11-10-20-6-4-5-7-22(20)26/h4-9,16,19H,10-15H2,1-3H3. The molecule has 0 aliphatic carbocycles.